The van der Waals surface area contributed by atoms with Gasteiger partial charge >= 0.3 is 0 Å². The monoisotopic (exact) mass is 362 g/mol. The standard InChI is InChI=1S/C17H14O7S/c1-23-17-12(19)8-14-15(16(17)20)11(18)7-13(24-14)9-3-5-10(6-4-9)25(2,21)22/h3-8,19-20H,1-2H3. The summed E-state index contributed by atoms with van der Waals surface area (Å²) in [5.41, 5.74) is -0.0778. The molecule has 0 saturated heterocycles. The van der Waals surface area contributed by atoms with Gasteiger partial charge in [0.05, 0.1) is 12.0 Å². The predicted molar refractivity (Wildman–Crippen MR) is 90.9 cm³/mol. The van der Waals surface area contributed by atoms with Crippen molar-refractivity contribution in [1.82, 2.24) is 0 Å². The summed E-state index contributed by atoms with van der Waals surface area (Å²) < 4.78 is 33.5. The molecule has 1 aromatic heterocycles. The number of rotatable bonds is 3. The molecule has 130 valence electrons. The maximum absolute atomic E-state index is 12.3. The van der Waals surface area contributed by atoms with Crippen LogP contribution in [0.1, 0.15) is 0 Å². The zero-order valence-corrected chi connectivity index (χ0v) is 14.1. The van der Waals surface area contributed by atoms with Gasteiger partial charge in [0.15, 0.2) is 26.8 Å². The van der Waals surface area contributed by atoms with E-state index in [0.717, 1.165) is 6.26 Å². The molecule has 8 heteroatoms. The lowest BCUT2D eigenvalue weighted by Gasteiger charge is -2.09. The third kappa shape index (κ3) is 2.91. The Morgan fingerprint density at radius 1 is 1.08 bits per heavy atom. The van der Waals surface area contributed by atoms with Gasteiger partial charge in [0.25, 0.3) is 0 Å². The van der Waals surface area contributed by atoms with E-state index in [4.69, 9.17) is 9.15 Å². The molecule has 25 heavy (non-hydrogen) atoms. The third-order valence-corrected chi connectivity index (χ3v) is 4.83. The van der Waals surface area contributed by atoms with Crippen molar-refractivity contribution in [3.63, 3.8) is 0 Å². The molecule has 0 aliphatic heterocycles. The van der Waals surface area contributed by atoms with Gasteiger partial charge < -0.3 is 19.4 Å². The van der Waals surface area contributed by atoms with E-state index in [1.54, 1.807) is 0 Å². The lowest BCUT2D eigenvalue weighted by molar-refractivity contribution is 0.346. The van der Waals surface area contributed by atoms with E-state index in [2.05, 4.69) is 0 Å². The van der Waals surface area contributed by atoms with Crippen molar-refractivity contribution in [3.05, 3.63) is 46.6 Å². The van der Waals surface area contributed by atoms with Crippen LogP contribution in [0.2, 0.25) is 0 Å². The highest BCUT2D eigenvalue weighted by atomic mass is 32.2. The van der Waals surface area contributed by atoms with Crippen molar-refractivity contribution >= 4 is 20.8 Å². The second kappa shape index (κ2) is 5.82. The summed E-state index contributed by atoms with van der Waals surface area (Å²) in [6.07, 6.45) is 1.09. The van der Waals surface area contributed by atoms with E-state index in [0.29, 0.717) is 5.56 Å². The number of ether oxygens (including phenoxy) is 1. The van der Waals surface area contributed by atoms with Gasteiger partial charge in [0, 0.05) is 24.0 Å². The minimum atomic E-state index is -3.34. The molecular formula is C17H14O7S. The molecule has 0 unspecified atom stereocenters. The summed E-state index contributed by atoms with van der Waals surface area (Å²) in [4.78, 5) is 12.5. The topological polar surface area (TPSA) is 114 Å². The van der Waals surface area contributed by atoms with Gasteiger partial charge in [-0.05, 0) is 24.3 Å². The van der Waals surface area contributed by atoms with Crippen LogP contribution in [0.3, 0.4) is 0 Å². The lowest BCUT2D eigenvalue weighted by atomic mass is 10.1. The summed E-state index contributed by atoms with van der Waals surface area (Å²) in [5.74, 6) is -0.933. The number of hydrogen-bond acceptors (Lipinski definition) is 7. The van der Waals surface area contributed by atoms with Gasteiger partial charge in [0.1, 0.15) is 16.7 Å². The van der Waals surface area contributed by atoms with Crippen molar-refractivity contribution in [2.75, 3.05) is 13.4 Å². The van der Waals surface area contributed by atoms with Crippen molar-refractivity contribution < 1.29 is 27.8 Å². The van der Waals surface area contributed by atoms with Crippen LogP contribution < -0.4 is 10.2 Å². The summed E-state index contributed by atoms with van der Waals surface area (Å²) >= 11 is 0. The molecule has 0 fully saturated rings. The second-order valence-electron chi connectivity index (χ2n) is 5.42. The fourth-order valence-electron chi connectivity index (χ4n) is 2.48. The maximum atomic E-state index is 12.3. The number of fused-ring (bicyclic) bond motifs is 1. The van der Waals surface area contributed by atoms with Crippen molar-refractivity contribution in [2.24, 2.45) is 0 Å². The van der Waals surface area contributed by atoms with Crippen molar-refractivity contribution in [3.8, 4) is 28.6 Å². The number of benzene rings is 2. The summed E-state index contributed by atoms with van der Waals surface area (Å²) in [5, 5.41) is 19.8. The molecule has 0 radical (unpaired) electrons. The Bertz CT molecular complexity index is 1130. The van der Waals surface area contributed by atoms with E-state index in [9.17, 15) is 23.4 Å². The first-order chi connectivity index (χ1) is 11.7. The third-order valence-electron chi connectivity index (χ3n) is 3.70. The number of sulfone groups is 1. The Hall–Kier alpha value is -3.00. The first-order valence-electron chi connectivity index (χ1n) is 7.09. The number of hydrogen-bond donors (Lipinski definition) is 2. The normalized spacial score (nSPS) is 11.6. The minimum Gasteiger partial charge on any atom is -0.504 e. The van der Waals surface area contributed by atoms with Gasteiger partial charge in [0.2, 0.25) is 5.75 Å². The number of methoxy groups -OCH3 is 1. The summed E-state index contributed by atoms with van der Waals surface area (Å²) in [6.45, 7) is 0. The van der Waals surface area contributed by atoms with Gasteiger partial charge in [-0.1, -0.05) is 0 Å². The number of phenols is 2. The van der Waals surface area contributed by atoms with E-state index < -0.39 is 21.0 Å². The molecule has 0 saturated carbocycles. The SMILES string of the molecule is COc1c(O)cc2oc(-c3ccc(S(C)(=O)=O)cc3)cc(=O)c2c1O. The molecule has 0 bridgehead atoms. The van der Waals surface area contributed by atoms with Crippen LogP contribution >= 0.6 is 0 Å². The molecule has 0 spiro atoms. The smallest absolute Gasteiger partial charge is 0.203 e. The van der Waals surface area contributed by atoms with Crippen LogP contribution in [0.15, 0.2) is 50.5 Å². The molecule has 0 aliphatic rings. The highest BCUT2D eigenvalue weighted by Crippen LogP contribution is 2.41. The molecule has 0 atom stereocenters. The number of phenolic OH excluding ortho intramolecular Hbond substituents is 2. The van der Waals surface area contributed by atoms with Crippen molar-refractivity contribution in [2.45, 2.75) is 4.90 Å². The fraction of sp³-hybridized carbons (Fsp3) is 0.118. The van der Waals surface area contributed by atoms with Crippen LogP contribution in [0.25, 0.3) is 22.3 Å². The second-order valence-corrected chi connectivity index (χ2v) is 7.44. The van der Waals surface area contributed by atoms with Gasteiger partial charge in [-0.3, -0.25) is 4.79 Å². The minimum absolute atomic E-state index is 0.0227. The van der Waals surface area contributed by atoms with E-state index in [1.165, 1.54) is 43.5 Å². The van der Waals surface area contributed by atoms with Gasteiger partial charge in [-0.2, -0.15) is 0 Å². The van der Waals surface area contributed by atoms with E-state index in [-0.39, 0.29) is 33.1 Å². The molecule has 1 heterocycles. The summed E-state index contributed by atoms with van der Waals surface area (Å²) in [6, 6.07) is 8.15. The van der Waals surface area contributed by atoms with Crippen LogP contribution in [0.4, 0.5) is 0 Å². The highest BCUT2D eigenvalue weighted by molar-refractivity contribution is 7.90. The van der Waals surface area contributed by atoms with Crippen LogP contribution in [0, 0.1) is 0 Å². The molecule has 2 aromatic carbocycles. The van der Waals surface area contributed by atoms with E-state index in [1.807, 2.05) is 0 Å². The Morgan fingerprint density at radius 3 is 2.28 bits per heavy atom. The quantitative estimate of drug-likeness (QED) is 0.734. The lowest BCUT2D eigenvalue weighted by Crippen LogP contribution is -2.02. The largest absolute Gasteiger partial charge is 0.504 e. The zero-order valence-electron chi connectivity index (χ0n) is 13.3. The average molecular weight is 362 g/mol. The predicted octanol–water partition coefficient (Wildman–Crippen LogP) is 2.28. The zero-order chi connectivity index (χ0) is 18.4. The van der Waals surface area contributed by atoms with Gasteiger partial charge in [-0.25, -0.2) is 8.42 Å². The molecule has 3 aromatic rings. The van der Waals surface area contributed by atoms with Crippen LogP contribution in [-0.4, -0.2) is 32.0 Å². The Labute approximate surface area is 142 Å². The van der Waals surface area contributed by atoms with Crippen molar-refractivity contribution in [1.29, 1.82) is 0 Å². The highest BCUT2D eigenvalue weighted by Gasteiger charge is 2.18. The van der Waals surface area contributed by atoms with Crippen LogP contribution in [0.5, 0.6) is 17.2 Å². The van der Waals surface area contributed by atoms with Crippen LogP contribution in [-0.2, 0) is 9.84 Å². The Morgan fingerprint density at radius 2 is 1.72 bits per heavy atom. The first kappa shape index (κ1) is 16.8. The molecule has 0 aliphatic carbocycles. The Balaban J connectivity index is 2.21. The maximum Gasteiger partial charge on any atom is 0.203 e. The Kier molecular flexibility index (Phi) is 3.92. The summed E-state index contributed by atoms with van der Waals surface area (Å²) in [7, 11) is -2.09. The molecule has 3 rings (SSSR count). The number of aromatic hydroxyl groups is 2. The fourth-order valence-corrected chi connectivity index (χ4v) is 3.11. The molecule has 2 N–H and O–H groups in total. The molecule has 0 amide bonds. The van der Waals surface area contributed by atoms with Gasteiger partial charge in [-0.15, -0.1) is 0 Å². The molecule has 7 nitrogen and oxygen atoms in total. The average Bonchev–Trinajstić information content (AvgIpc) is 2.53. The first-order valence-corrected chi connectivity index (χ1v) is 8.99. The molecular weight excluding hydrogens is 348 g/mol. The van der Waals surface area contributed by atoms with E-state index >= 15 is 0 Å².